The van der Waals surface area contributed by atoms with Crippen molar-refractivity contribution in [3.8, 4) is 0 Å². The predicted octanol–water partition coefficient (Wildman–Crippen LogP) is 15.6. The molecule has 3 atom stereocenters. The standard InChI is InChI=1S/C55H107N2O7P/c1-7-10-13-16-19-22-25-26-27-28-29-30-33-35-38-41-44-47-54(58)56-52(51-63-65(60,61)62-50-49-57(4,5)6)53(46-43-40-37-34-31-23-20-17-14-11-8-2)64-55(59)48-45-42-39-36-32-24-21-18-15-12-9-3/h26-27,43,46,52-53H,7-25,28-42,44-45,47-51H2,1-6H3,(H-,56,58,60,61)/b27-26+,46-43-. The summed E-state index contributed by atoms with van der Waals surface area (Å²) in [5.74, 6) is -0.539. The molecule has 0 aromatic carbocycles. The Morgan fingerprint density at radius 3 is 1.31 bits per heavy atom. The number of hydrogen-bond acceptors (Lipinski definition) is 7. The van der Waals surface area contributed by atoms with Crippen molar-refractivity contribution in [2.45, 2.75) is 277 Å². The lowest BCUT2D eigenvalue weighted by Gasteiger charge is -2.30. The van der Waals surface area contributed by atoms with Crippen LogP contribution in [0.2, 0.25) is 0 Å². The molecule has 0 spiro atoms. The van der Waals surface area contributed by atoms with E-state index in [4.69, 9.17) is 13.8 Å². The van der Waals surface area contributed by atoms with Gasteiger partial charge in [-0.1, -0.05) is 219 Å². The van der Waals surface area contributed by atoms with Gasteiger partial charge in [0.2, 0.25) is 5.91 Å². The fourth-order valence-electron chi connectivity index (χ4n) is 8.05. The summed E-state index contributed by atoms with van der Waals surface area (Å²) in [5.41, 5.74) is 0. The molecule has 1 amide bonds. The van der Waals surface area contributed by atoms with Gasteiger partial charge in [0.05, 0.1) is 33.8 Å². The third-order valence-corrected chi connectivity index (χ3v) is 13.3. The molecular weight excluding hydrogens is 832 g/mol. The van der Waals surface area contributed by atoms with Gasteiger partial charge in [-0.25, -0.2) is 0 Å². The van der Waals surface area contributed by atoms with Gasteiger partial charge < -0.3 is 28.5 Å². The number of phosphoric ester groups is 1. The van der Waals surface area contributed by atoms with Crippen LogP contribution in [0.15, 0.2) is 24.3 Å². The number of ether oxygens (including phenoxy) is 1. The second kappa shape index (κ2) is 46.2. The highest BCUT2D eigenvalue weighted by molar-refractivity contribution is 7.45. The van der Waals surface area contributed by atoms with Gasteiger partial charge in [0.1, 0.15) is 19.3 Å². The fourth-order valence-corrected chi connectivity index (χ4v) is 8.77. The summed E-state index contributed by atoms with van der Waals surface area (Å²) in [6.07, 6.45) is 51.4. The first-order chi connectivity index (χ1) is 31.4. The zero-order valence-electron chi connectivity index (χ0n) is 43.7. The van der Waals surface area contributed by atoms with E-state index in [-0.39, 0.29) is 31.5 Å². The zero-order valence-corrected chi connectivity index (χ0v) is 44.6. The number of phosphoric acid groups is 1. The summed E-state index contributed by atoms with van der Waals surface area (Å²) in [7, 11) is 1.19. The van der Waals surface area contributed by atoms with Gasteiger partial charge in [0.15, 0.2) is 0 Å². The minimum absolute atomic E-state index is 0.0202. The highest BCUT2D eigenvalue weighted by atomic mass is 31.2. The summed E-state index contributed by atoms with van der Waals surface area (Å²) in [4.78, 5) is 39.7. The van der Waals surface area contributed by atoms with Crippen LogP contribution in [0.25, 0.3) is 0 Å². The summed E-state index contributed by atoms with van der Waals surface area (Å²) < 4.78 is 30.1. The molecule has 3 unspecified atom stereocenters. The van der Waals surface area contributed by atoms with Gasteiger partial charge in [-0.2, -0.15) is 0 Å². The van der Waals surface area contributed by atoms with E-state index in [9.17, 15) is 19.0 Å². The lowest BCUT2D eigenvalue weighted by atomic mass is 10.0. The van der Waals surface area contributed by atoms with Crippen molar-refractivity contribution < 1.29 is 37.3 Å². The molecule has 0 aliphatic carbocycles. The van der Waals surface area contributed by atoms with Crippen molar-refractivity contribution in [2.24, 2.45) is 0 Å². The van der Waals surface area contributed by atoms with E-state index in [1.165, 1.54) is 161 Å². The van der Waals surface area contributed by atoms with Crippen LogP contribution in [0.5, 0.6) is 0 Å². The van der Waals surface area contributed by atoms with Gasteiger partial charge in [-0.05, 0) is 57.4 Å². The Morgan fingerprint density at radius 2 is 0.892 bits per heavy atom. The molecule has 10 heteroatoms. The Labute approximate surface area is 403 Å². The van der Waals surface area contributed by atoms with Crippen molar-refractivity contribution in [1.29, 1.82) is 0 Å². The summed E-state index contributed by atoms with van der Waals surface area (Å²) >= 11 is 0. The van der Waals surface area contributed by atoms with Crippen LogP contribution in [0.3, 0.4) is 0 Å². The monoisotopic (exact) mass is 939 g/mol. The summed E-state index contributed by atoms with van der Waals surface area (Å²) in [6, 6.07) is -0.882. The van der Waals surface area contributed by atoms with E-state index in [0.717, 1.165) is 70.6 Å². The van der Waals surface area contributed by atoms with E-state index in [1.807, 2.05) is 33.3 Å². The first-order valence-corrected chi connectivity index (χ1v) is 29.1. The Kier molecular flexibility index (Phi) is 45.2. The van der Waals surface area contributed by atoms with Crippen molar-refractivity contribution in [1.82, 2.24) is 5.32 Å². The Balaban J connectivity index is 5.31. The van der Waals surface area contributed by atoms with Crippen LogP contribution in [-0.4, -0.2) is 69.4 Å². The fraction of sp³-hybridized carbons (Fsp3) is 0.891. The average Bonchev–Trinajstić information content (AvgIpc) is 3.26. The molecule has 0 aromatic heterocycles. The first kappa shape index (κ1) is 63.5. The van der Waals surface area contributed by atoms with Gasteiger partial charge in [-0.3, -0.25) is 14.2 Å². The van der Waals surface area contributed by atoms with E-state index in [2.05, 4.69) is 38.2 Å². The maximum Gasteiger partial charge on any atom is 0.306 e. The number of carbonyl (C=O) groups is 2. The minimum Gasteiger partial charge on any atom is -0.756 e. The van der Waals surface area contributed by atoms with Crippen molar-refractivity contribution >= 4 is 19.7 Å². The van der Waals surface area contributed by atoms with Crippen molar-refractivity contribution in [3.63, 3.8) is 0 Å². The molecule has 1 N–H and O–H groups in total. The van der Waals surface area contributed by atoms with Crippen LogP contribution in [0.1, 0.15) is 265 Å². The number of nitrogens with zero attached hydrogens (tertiary/aromatic N) is 1. The molecule has 0 saturated carbocycles. The topological polar surface area (TPSA) is 114 Å². The second-order valence-electron chi connectivity index (χ2n) is 20.1. The summed E-state index contributed by atoms with van der Waals surface area (Å²) in [5, 5.41) is 3.01. The van der Waals surface area contributed by atoms with Crippen LogP contribution in [0.4, 0.5) is 0 Å². The molecule has 0 bridgehead atoms. The summed E-state index contributed by atoms with van der Waals surface area (Å²) in [6.45, 7) is 6.83. The van der Waals surface area contributed by atoms with Crippen molar-refractivity contribution in [3.05, 3.63) is 24.3 Å². The van der Waals surface area contributed by atoms with Crippen LogP contribution in [-0.2, 0) is 27.9 Å². The van der Waals surface area contributed by atoms with Crippen molar-refractivity contribution in [2.75, 3.05) is 40.9 Å². The number of quaternary nitrogens is 1. The van der Waals surface area contributed by atoms with E-state index in [0.29, 0.717) is 17.4 Å². The molecule has 0 saturated heterocycles. The highest BCUT2D eigenvalue weighted by Crippen LogP contribution is 2.38. The number of nitrogens with one attached hydrogen (secondary N) is 1. The van der Waals surface area contributed by atoms with Gasteiger partial charge in [0, 0.05) is 12.8 Å². The number of unbranched alkanes of at least 4 members (excludes halogenated alkanes) is 32. The third kappa shape index (κ3) is 47.4. The number of allylic oxidation sites excluding steroid dienone is 3. The van der Waals surface area contributed by atoms with Gasteiger partial charge in [-0.15, -0.1) is 0 Å². The minimum atomic E-state index is -4.68. The molecule has 9 nitrogen and oxygen atoms in total. The quantitative estimate of drug-likeness (QED) is 0.0212. The molecule has 0 aliphatic heterocycles. The van der Waals surface area contributed by atoms with Crippen LogP contribution < -0.4 is 10.2 Å². The average molecular weight is 939 g/mol. The van der Waals surface area contributed by atoms with E-state index in [1.54, 1.807) is 0 Å². The zero-order chi connectivity index (χ0) is 48.0. The Bertz CT molecular complexity index is 1170. The number of likely N-dealkylation sites (N-methyl/N-ethyl adjacent to an activating group) is 1. The maximum absolute atomic E-state index is 13.4. The second-order valence-corrected chi connectivity index (χ2v) is 21.5. The molecule has 0 heterocycles. The van der Waals surface area contributed by atoms with Crippen LogP contribution >= 0.6 is 7.82 Å². The van der Waals surface area contributed by atoms with E-state index < -0.39 is 20.0 Å². The molecule has 0 fully saturated rings. The van der Waals surface area contributed by atoms with Gasteiger partial charge in [0.25, 0.3) is 7.82 Å². The lowest BCUT2D eigenvalue weighted by Crippen LogP contribution is -2.47. The molecule has 384 valence electrons. The highest BCUT2D eigenvalue weighted by Gasteiger charge is 2.27. The molecule has 65 heavy (non-hydrogen) atoms. The van der Waals surface area contributed by atoms with Gasteiger partial charge >= 0.3 is 5.97 Å². The molecular formula is C55H107N2O7P. The molecule has 0 rings (SSSR count). The molecule has 0 radical (unpaired) electrons. The lowest BCUT2D eigenvalue weighted by molar-refractivity contribution is -0.870. The smallest absolute Gasteiger partial charge is 0.306 e. The number of hydrogen-bond donors (Lipinski definition) is 1. The van der Waals surface area contributed by atoms with Crippen LogP contribution in [0, 0.1) is 0 Å². The Hall–Kier alpha value is -1.51. The third-order valence-electron chi connectivity index (χ3n) is 12.4. The molecule has 0 aromatic rings. The predicted molar refractivity (Wildman–Crippen MR) is 275 cm³/mol. The largest absolute Gasteiger partial charge is 0.756 e. The number of esters is 1. The number of carbonyl (C=O) groups excluding carboxylic acids is 2. The number of amides is 1. The normalized spacial score (nSPS) is 14.0. The SMILES string of the molecule is CCCCCCCC/C=C/CCCCCCCCCC(=O)NC(COP(=O)([O-])OCC[N+](C)(C)C)C(/C=C\CCCCCCCCCCC)OC(=O)CCCCCCCCCCCCC. The number of rotatable bonds is 50. The van der Waals surface area contributed by atoms with E-state index >= 15 is 0 Å². The first-order valence-electron chi connectivity index (χ1n) is 27.6. The Morgan fingerprint density at radius 1 is 0.523 bits per heavy atom. The molecule has 0 aliphatic rings. The maximum atomic E-state index is 13.4.